The van der Waals surface area contributed by atoms with Gasteiger partial charge in [-0.1, -0.05) is 11.6 Å². The van der Waals surface area contributed by atoms with E-state index < -0.39 is 34.5 Å². The number of rotatable bonds is 1. The van der Waals surface area contributed by atoms with E-state index in [2.05, 4.69) is 15.3 Å². The Morgan fingerprint density at radius 2 is 1.96 bits per heavy atom. The molecule has 1 atom stereocenters. The number of carbonyl (C=O) groups is 1. The van der Waals surface area contributed by atoms with Gasteiger partial charge in [0.15, 0.2) is 5.82 Å². The molecule has 0 spiro atoms. The zero-order valence-corrected chi connectivity index (χ0v) is 13.4. The summed E-state index contributed by atoms with van der Waals surface area (Å²) in [6.07, 6.45) is -3.45. The first-order valence-electron chi connectivity index (χ1n) is 7.09. The summed E-state index contributed by atoms with van der Waals surface area (Å²) in [7, 11) is 0. The topological polar surface area (TPSA) is 54.4 Å². The number of pyridine rings is 1. The molecule has 2 heterocycles. The molecule has 25 heavy (non-hydrogen) atoms. The third-order valence-corrected chi connectivity index (χ3v) is 4.02. The van der Waals surface area contributed by atoms with Gasteiger partial charge in [-0.25, -0.2) is 4.39 Å². The molecule has 2 aromatic rings. The van der Waals surface area contributed by atoms with Crippen LogP contribution in [0.25, 0.3) is 0 Å². The number of aromatic nitrogens is 1. The van der Waals surface area contributed by atoms with E-state index in [1.165, 1.54) is 19.2 Å². The Morgan fingerprint density at radius 3 is 2.60 bits per heavy atom. The number of halogens is 5. The van der Waals surface area contributed by atoms with Crippen molar-refractivity contribution in [2.24, 2.45) is 4.99 Å². The lowest BCUT2D eigenvalue weighted by Gasteiger charge is -2.16. The van der Waals surface area contributed by atoms with Crippen molar-refractivity contribution in [3.05, 3.63) is 58.1 Å². The Balaban J connectivity index is 2.35. The molecule has 0 aliphatic carbocycles. The van der Waals surface area contributed by atoms with Crippen molar-refractivity contribution in [3.8, 4) is 0 Å². The first-order chi connectivity index (χ1) is 11.7. The maximum absolute atomic E-state index is 14.2. The van der Waals surface area contributed by atoms with E-state index in [0.29, 0.717) is 0 Å². The van der Waals surface area contributed by atoms with Crippen LogP contribution in [0.4, 0.5) is 23.2 Å². The third kappa shape index (κ3) is 3.09. The van der Waals surface area contributed by atoms with E-state index in [-0.39, 0.29) is 22.7 Å². The van der Waals surface area contributed by atoms with Gasteiger partial charge in [0.05, 0.1) is 22.0 Å². The van der Waals surface area contributed by atoms with Crippen LogP contribution in [0.3, 0.4) is 0 Å². The zero-order valence-electron chi connectivity index (χ0n) is 12.7. The van der Waals surface area contributed by atoms with Crippen LogP contribution in [0.5, 0.6) is 0 Å². The Bertz CT molecular complexity index is 895. The van der Waals surface area contributed by atoms with Gasteiger partial charge in [-0.05, 0) is 31.2 Å². The second kappa shape index (κ2) is 6.11. The first kappa shape index (κ1) is 17.3. The fourth-order valence-electron chi connectivity index (χ4n) is 2.42. The predicted octanol–water partition coefficient (Wildman–Crippen LogP) is 4.07. The van der Waals surface area contributed by atoms with Crippen LogP contribution in [-0.4, -0.2) is 22.6 Å². The molecule has 3 rings (SSSR count). The zero-order chi connectivity index (χ0) is 18.4. The van der Waals surface area contributed by atoms with Crippen molar-refractivity contribution >= 4 is 28.9 Å². The molecule has 0 bridgehead atoms. The Morgan fingerprint density at radius 1 is 1.24 bits per heavy atom. The van der Waals surface area contributed by atoms with E-state index in [0.717, 1.165) is 18.2 Å². The van der Waals surface area contributed by atoms with Crippen molar-refractivity contribution in [1.29, 1.82) is 0 Å². The van der Waals surface area contributed by atoms with E-state index in [4.69, 9.17) is 11.6 Å². The molecule has 1 amide bonds. The summed E-state index contributed by atoms with van der Waals surface area (Å²) in [5.74, 6) is -1.34. The minimum atomic E-state index is -4.72. The summed E-state index contributed by atoms with van der Waals surface area (Å²) >= 11 is 5.97. The maximum atomic E-state index is 14.2. The van der Waals surface area contributed by atoms with E-state index in [1.807, 2.05) is 0 Å². The van der Waals surface area contributed by atoms with Gasteiger partial charge in [0.25, 0.3) is 0 Å². The smallest absolute Gasteiger partial charge is 0.324 e. The van der Waals surface area contributed by atoms with Crippen LogP contribution >= 0.6 is 11.6 Å². The van der Waals surface area contributed by atoms with Gasteiger partial charge in [-0.3, -0.25) is 14.8 Å². The molecule has 1 N–H and O–H groups in total. The number of aliphatic imine (C=N–C) groups is 1. The van der Waals surface area contributed by atoms with Crippen molar-refractivity contribution < 1.29 is 22.4 Å². The molecular weight excluding hydrogens is 362 g/mol. The predicted molar refractivity (Wildman–Crippen MR) is 84.4 cm³/mol. The maximum Gasteiger partial charge on any atom is 0.417 e. The molecule has 1 aromatic carbocycles. The van der Waals surface area contributed by atoms with Crippen LogP contribution in [0.2, 0.25) is 5.02 Å². The lowest BCUT2D eigenvalue weighted by Crippen LogP contribution is -2.22. The van der Waals surface area contributed by atoms with Crippen LogP contribution < -0.4 is 5.32 Å². The number of nitrogens with zero attached hydrogens (tertiary/aromatic N) is 2. The fraction of sp³-hybridized carbons (Fsp3) is 0.188. The Labute approximate surface area is 144 Å². The summed E-state index contributed by atoms with van der Waals surface area (Å²) in [6, 6.07) is 3.28. The van der Waals surface area contributed by atoms with Crippen LogP contribution in [0, 0.1) is 5.82 Å². The average molecular weight is 372 g/mol. The number of amides is 1. The summed E-state index contributed by atoms with van der Waals surface area (Å²) in [4.78, 5) is 19.9. The van der Waals surface area contributed by atoms with E-state index >= 15 is 0 Å². The quantitative estimate of drug-likeness (QED) is 0.768. The Hall–Kier alpha value is -2.48. The first-order valence-corrected chi connectivity index (χ1v) is 7.47. The molecule has 1 aromatic heterocycles. The summed E-state index contributed by atoms with van der Waals surface area (Å²) in [5, 5.41) is 1.78. The van der Waals surface area contributed by atoms with Gasteiger partial charge in [0.2, 0.25) is 5.91 Å². The second-order valence-corrected chi connectivity index (χ2v) is 5.70. The average Bonchev–Trinajstić information content (AvgIpc) is 2.64. The number of fused-ring (bicyclic) bond motifs is 1. The summed E-state index contributed by atoms with van der Waals surface area (Å²) in [5.41, 5.74) is -1.81. The number of alkyl halides is 3. The number of carbonyl (C=O) groups excluding carboxylic acids is 1. The van der Waals surface area contributed by atoms with Gasteiger partial charge in [-0.2, -0.15) is 13.2 Å². The third-order valence-electron chi connectivity index (χ3n) is 3.63. The van der Waals surface area contributed by atoms with Crippen molar-refractivity contribution in [3.63, 3.8) is 0 Å². The second-order valence-electron chi connectivity index (χ2n) is 5.32. The molecule has 0 radical (unpaired) electrons. The van der Waals surface area contributed by atoms with E-state index in [1.54, 1.807) is 0 Å². The molecule has 1 unspecified atom stereocenters. The van der Waals surface area contributed by atoms with Gasteiger partial charge >= 0.3 is 6.18 Å². The number of anilines is 1. The highest BCUT2D eigenvalue weighted by atomic mass is 35.5. The molecule has 4 nitrogen and oxygen atoms in total. The standard InChI is InChI=1S/C16H10ClF4N3O/c1-7-15(25)24-10-5-4-8(16(19,20)21)12(17)11(10)14(23-7)13-9(18)3-2-6-22-13/h2-7H,1H3,(H,24,25). The minimum absolute atomic E-state index is 0.0103. The molecule has 0 saturated carbocycles. The van der Waals surface area contributed by atoms with Gasteiger partial charge in [0, 0.05) is 11.8 Å². The van der Waals surface area contributed by atoms with Crippen molar-refractivity contribution in [1.82, 2.24) is 4.98 Å². The van der Waals surface area contributed by atoms with Crippen LogP contribution in [0.15, 0.2) is 35.5 Å². The SMILES string of the molecule is CC1N=C(c2ncccc2F)c2c(ccc(C(F)(F)F)c2Cl)NC1=O. The lowest BCUT2D eigenvalue weighted by molar-refractivity contribution is -0.137. The minimum Gasteiger partial charge on any atom is -0.324 e. The van der Waals surface area contributed by atoms with Gasteiger partial charge < -0.3 is 5.32 Å². The summed E-state index contributed by atoms with van der Waals surface area (Å²) < 4.78 is 53.7. The highest BCUT2D eigenvalue weighted by molar-refractivity contribution is 6.37. The number of hydrogen-bond donors (Lipinski definition) is 1. The highest BCUT2D eigenvalue weighted by Crippen LogP contribution is 2.40. The molecule has 0 saturated heterocycles. The van der Waals surface area contributed by atoms with Gasteiger partial charge in [-0.15, -0.1) is 0 Å². The van der Waals surface area contributed by atoms with Crippen molar-refractivity contribution in [2.75, 3.05) is 5.32 Å². The fourth-order valence-corrected chi connectivity index (χ4v) is 2.79. The van der Waals surface area contributed by atoms with Crippen LogP contribution in [0.1, 0.15) is 23.7 Å². The monoisotopic (exact) mass is 371 g/mol. The molecule has 9 heteroatoms. The molecule has 1 aliphatic rings. The van der Waals surface area contributed by atoms with Crippen molar-refractivity contribution in [2.45, 2.75) is 19.1 Å². The highest BCUT2D eigenvalue weighted by Gasteiger charge is 2.37. The number of benzene rings is 1. The normalized spacial score (nSPS) is 17.4. The summed E-state index contributed by atoms with van der Waals surface area (Å²) in [6.45, 7) is 1.43. The molecular formula is C16H10ClF4N3O. The van der Waals surface area contributed by atoms with Crippen LogP contribution in [-0.2, 0) is 11.0 Å². The Kier molecular flexibility index (Phi) is 4.24. The largest absolute Gasteiger partial charge is 0.417 e. The molecule has 130 valence electrons. The van der Waals surface area contributed by atoms with E-state index in [9.17, 15) is 22.4 Å². The lowest BCUT2D eigenvalue weighted by atomic mass is 10.0. The number of nitrogens with one attached hydrogen (secondary N) is 1. The molecule has 0 fully saturated rings. The molecule has 1 aliphatic heterocycles. The van der Waals surface area contributed by atoms with Gasteiger partial charge in [0.1, 0.15) is 11.7 Å². The number of benzodiazepines with no additional fused rings is 1. The number of hydrogen-bond acceptors (Lipinski definition) is 3.